The molecule has 0 bridgehead atoms. The summed E-state index contributed by atoms with van der Waals surface area (Å²) in [6.45, 7) is 4.17. The zero-order valence-electron chi connectivity index (χ0n) is 22.0. The van der Waals surface area contributed by atoms with Gasteiger partial charge in [-0.15, -0.1) is 5.53 Å². The van der Waals surface area contributed by atoms with Crippen molar-refractivity contribution in [1.82, 2.24) is 30.6 Å². The average molecular weight is 588 g/mol. The van der Waals surface area contributed by atoms with E-state index in [1.165, 1.54) is 18.3 Å². The maximum atomic E-state index is 13.8. The molecule has 0 unspecified atom stereocenters. The molecule has 3 aromatic heterocycles. The van der Waals surface area contributed by atoms with Gasteiger partial charge in [0.25, 0.3) is 0 Å². The number of pyridine rings is 2. The number of halogens is 3. The van der Waals surface area contributed by atoms with Crippen LogP contribution in [0.1, 0.15) is 31.0 Å². The summed E-state index contributed by atoms with van der Waals surface area (Å²) < 4.78 is 15.6. The van der Waals surface area contributed by atoms with Crippen LogP contribution in [0.3, 0.4) is 0 Å². The lowest BCUT2D eigenvalue weighted by Crippen LogP contribution is -2.41. The van der Waals surface area contributed by atoms with Gasteiger partial charge in [0, 0.05) is 53.2 Å². The molecule has 1 aliphatic heterocycles. The quantitative estimate of drug-likeness (QED) is 0.167. The van der Waals surface area contributed by atoms with Crippen molar-refractivity contribution in [2.24, 2.45) is 0 Å². The van der Waals surface area contributed by atoms with E-state index in [1.807, 2.05) is 46.2 Å². The van der Waals surface area contributed by atoms with Crippen molar-refractivity contribution in [3.8, 4) is 6.07 Å². The van der Waals surface area contributed by atoms with Crippen LogP contribution in [-0.4, -0.2) is 25.6 Å². The van der Waals surface area contributed by atoms with Gasteiger partial charge < -0.3 is 16.1 Å². The van der Waals surface area contributed by atoms with Gasteiger partial charge >= 0.3 is 0 Å². The van der Waals surface area contributed by atoms with Crippen molar-refractivity contribution < 1.29 is 4.39 Å². The number of nitrogens with zero attached hydrogens (tertiary/aromatic N) is 5. The molecule has 0 fully saturated rings. The number of hydrogen-bond acceptors (Lipinski definition) is 8. The SMILES string of the molecule is CC(C)N1C=C([C@@H](Nc2cc(Cl)c3ncc(C#N)c(Nc4ccc(F)c(Cl)c4)c3c2)c2cccn3nccc23)NN1. The Labute approximate surface area is 245 Å². The average Bonchev–Trinajstić information content (AvgIpc) is 3.64. The Kier molecular flexibility index (Phi) is 7.01. The Morgan fingerprint density at radius 2 is 1.90 bits per heavy atom. The third-order valence-electron chi connectivity index (χ3n) is 6.80. The van der Waals surface area contributed by atoms with Crippen LogP contribution < -0.4 is 21.6 Å². The van der Waals surface area contributed by atoms with Crippen molar-refractivity contribution in [2.45, 2.75) is 25.9 Å². The van der Waals surface area contributed by atoms with E-state index in [-0.39, 0.29) is 17.1 Å². The topological polar surface area (TPSA) is 105 Å². The molecule has 206 valence electrons. The summed E-state index contributed by atoms with van der Waals surface area (Å²) in [6.07, 6.45) is 7.13. The zero-order chi connectivity index (χ0) is 28.7. The molecule has 41 heavy (non-hydrogen) atoms. The summed E-state index contributed by atoms with van der Waals surface area (Å²) in [6, 6.07) is 16.0. The number of anilines is 3. The molecule has 0 spiro atoms. The third-order valence-corrected chi connectivity index (χ3v) is 7.38. The number of nitriles is 1. The molecule has 1 atom stereocenters. The second-order valence-corrected chi connectivity index (χ2v) is 10.6. The van der Waals surface area contributed by atoms with Crippen molar-refractivity contribution in [3.05, 3.63) is 106 Å². The van der Waals surface area contributed by atoms with Crippen LogP contribution in [0.4, 0.5) is 21.5 Å². The van der Waals surface area contributed by atoms with E-state index < -0.39 is 5.82 Å². The third kappa shape index (κ3) is 5.07. The molecular weight excluding hydrogens is 564 g/mol. The first kappa shape index (κ1) is 26.7. The van der Waals surface area contributed by atoms with Crippen LogP contribution in [0.25, 0.3) is 16.4 Å². The van der Waals surface area contributed by atoms with E-state index in [0.717, 1.165) is 16.8 Å². The van der Waals surface area contributed by atoms with Gasteiger partial charge in [-0.2, -0.15) is 10.4 Å². The molecule has 0 aliphatic carbocycles. The summed E-state index contributed by atoms with van der Waals surface area (Å²) >= 11 is 12.8. The van der Waals surface area contributed by atoms with E-state index in [2.05, 4.69) is 51.6 Å². The molecule has 12 heteroatoms. The number of fused-ring (bicyclic) bond motifs is 2. The van der Waals surface area contributed by atoms with Gasteiger partial charge in [0.1, 0.15) is 11.9 Å². The van der Waals surface area contributed by atoms with Gasteiger partial charge in [0.05, 0.1) is 44.1 Å². The number of hydrazine groups is 2. The highest BCUT2D eigenvalue weighted by Gasteiger charge is 2.26. The fraction of sp³-hybridized carbons (Fsp3) is 0.138. The standard InChI is InChI=1S/C29H24Cl2FN9/c1-16(2)41-15-25(38-39-41)29(20-4-3-9-40-26(20)7-8-35-40)37-19-10-21-27(36-18-5-6-24(32)22(30)11-18)17(13-33)14-34-28(21)23(31)12-19/h3-12,14-16,29,37-39H,1-2H3,(H,34,36)/t29-/m0/s1. The van der Waals surface area contributed by atoms with E-state index in [0.29, 0.717) is 38.6 Å². The van der Waals surface area contributed by atoms with Crippen LogP contribution in [-0.2, 0) is 0 Å². The lowest BCUT2D eigenvalue weighted by Gasteiger charge is -2.23. The molecule has 4 N–H and O–H groups in total. The molecule has 0 saturated heterocycles. The fourth-order valence-corrected chi connectivity index (χ4v) is 5.21. The van der Waals surface area contributed by atoms with Crippen LogP contribution >= 0.6 is 23.2 Å². The van der Waals surface area contributed by atoms with Gasteiger partial charge in [-0.25, -0.2) is 8.91 Å². The van der Waals surface area contributed by atoms with E-state index in [4.69, 9.17) is 23.2 Å². The predicted octanol–water partition coefficient (Wildman–Crippen LogP) is 6.67. The maximum absolute atomic E-state index is 13.8. The second-order valence-electron chi connectivity index (χ2n) is 9.79. The van der Waals surface area contributed by atoms with Crippen molar-refractivity contribution >= 4 is 56.7 Å². The Morgan fingerprint density at radius 1 is 1.07 bits per heavy atom. The fourth-order valence-electron chi connectivity index (χ4n) is 4.76. The lowest BCUT2D eigenvalue weighted by molar-refractivity contribution is 0.221. The summed E-state index contributed by atoms with van der Waals surface area (Å²) in [5.41, 5.74) is 11.8. The van der Waals surface area contributed by atoms with Crippen molar-refractivity contribution in [3.63, 3.8) is 0 Å². The van der Waals surface area contributed by atoms with E-state index in [9.17, 15) is 9.65 Å². The Hall–Kier alpha value is -4.56. The minimum Gasteiger partial charge on any atom is -0.373 e. The summed E-state index contributed by atoms with van der Waals surface area (Å²) in [7, 11) is 0. The molecule has 1 aliphatic rings. The van der Waals surface area contributed by atoms with Crippen molar-refractivity contribution in [1.29, 1.82) is 5.26 Å². The summed E-state index contributed by atoms with van der Waals surface area (Å²) in [5.74, 6) is -0.536. The highest BCUT2D eigenvalue weighted by molar-refractivity contribution is 6.36. The van der Waals surface area contributed by atoms with Crippen molar-refractivity contribution in [2.75, 3.05) is 10.6 Å². The number of benzene rings is 2. The molecule has 4 heterocycles. The smallest absolute Gasteiger partial charge is 0.141 e. The minimum atomic E-state index is -0.536. The van der Waals surface area contributed by atoms with E-state index in [1.54, 1.807) is 18.3 Å². The molecule has 0 saturated carbocycles. The molecule has 0 radical (unpaired) electrons. The van der Waals surface area contributed by atoms with Crippen LogP contribution in [0, 0.1) is 17.1 Å². The molecule has 5 aromatic rings. The maximum Gasteiger partial charge on any atom is 0.141 e. The first-order chi connectivity index (χ1) is 19.8. The Morgan fingerprint density at radius 3 is 2.66 bits per heavy atom. The normalized spacial score (nSPS) is 13.8. The lowest BCUT2D eigenvalue weighted by atomic mass is 10.0. The second kappa shape index (κ2) is 10.8. The first-order valence-corrected chi connectivity index (χ1v) is 13.5. The number of aromatic nitrogens is 3. The van der Waals surface area contributed by atoms with Crippen LogP contribution in [0.5, 0.6) is 0 Å². The Bertz CT molecular complexity index is 1860. The summed E-state index contributed by atoms with van der Waals surface area (Å²) in [5, 5.41) is 24.1. The molecular formula is C29H24Cl2FN9. The highest BCUT2D eigenvalue weighted by atomic mass is 35.5. The highest BCUT2D eigenvalue weighted by Crippen LogP contribution is 2.38. The number of rotatable bonds is 7. The van der Waals surface area contributed by atoms with Crippen LogP contribution in [0.15, 0.2) is 79.0 Å². The largest absolute Gasteiger partial charge is 0.373 e. The molecule has 2 aromatic carbocycles. The monoisotopic (exact) mass is 587 g/mol. The van der Waals surface area contributed by atoms with Gasteiger partial charge in [0.2, 0.25) is 0 Å². The number of hydrogen-bond donors (Lipinski definition) is 4. The van der Waals surface area contributed by atoms with Gasteiger partial charge in [0.15, 0.2) is 0 Å². The van der Waals surface area contributed by atoms with E-state index >= 15 is 0 Å². The van der Waals surface area contributed by atoms with Gasteiger partial charge in [-0.1, -0.05) is 29.3 Å². The summed E-state index contributed by atoms with van der Waals surface area (Å²) in [4.78, 5) is 4.44. The van der Waals surface area contributed by atoms with Gasteiger partial charge in [-0.3, -0.25) is 9.99 Å². The van der Waals surface area contributed by atoms with Crippen LogP contribution in [0.2, 0.25) is 10.0 Å². The minimum absolute atomic E-state index is 0.0365. The molecule has 6 rings (SSSR count). The molecule has 9 nitrogen and oxygen atoms in total. The predicted molar refractivity (Wildman–Crippen MR) is 159 cm³/mol. The molecule has 0 amide bonds. The Balaban J connectivity index is 1.47. The van der Waals surface area contributed by atoms with Gasteiger partial charge in [-0.05, 0) is 56.3 Å². The number of nitrogens with one attached hydrogen (secondary N) is 4. The zero-order valence-corrected chi connectivity index (χ0v) is 23.5. The first-order valence-electron chi connectivity index (χ1n) is 12.8.